The van der Waals surface area contributed by atoms with Crippen LogP contribution in [0.25, 0.3) is 16.6 Å². The third-order valence-electron chi connectivity index (χ3n) is 4.85. The van der Waals surface area contributed by atoms with E-state index in [1.807, 2.05) is 85.1 Å². The topological polar surface area (TPSA) is 68.5 Å². The highest BCUT2D eigenvalue weighted by Crippen LogP contribution is 2.25. The fourth-order valence-corrected chi connectivity index (χ4v) is 3.43. The van der Waals surface area contributed by atoms with Crippen LogP contribution in [0, 0.1) is 13.8 Å². The first-order valence-corrected chi connectivity index (χ1v) is 9.66. The van der Waals surface area contributed by atoms with E-state index in [4.69, 9.17) is 4.74 Å². The van der Waals surface area contributed by atoms with Crippen LogP contribution in [0.4, 0.5) is 0 Å². The molecule has 0 aliphatic carbocycles. The molecule has 0 radical (unpaired) electrons. The number of hydrogen-bond acceptors (Lipinski definition) is 4. The van der Waals surface area contributed by atoms with Gasteiger partial charge in [0.2, 0.25) is 0 Å². The smallest absolute Gasteiger partial charge is 0.277 e. The molecule has 1 amide bonds. The summed E-state index contributed by atoms with van der Waals surface area (Å²) in [5, 5.41) is 6.12. The Labute approximate surface area is 174 Å². The van der Waals surface area contributed by atoms with E-state index in [0.717, 1.165) is 33.5 Å². The molecular weight excluding hydrogens is 376 g/mol. The fraction of sp³-hybridized carbons (Fsp3) is 0.125. The summed E-state index contributed by atoms with van der Waals surface area (Å²) < 4.78 is 7.74. The molecule has 0 aliphatic heterocycles. The van der Waals surface area contributed by atoms with Gasteiger partial charge in [0.05, 0.1) is 6.21 Å². The van der Waals surface area contributed by atoms with E-state index < -0.39 is 0 Å². The third kappa shape index (κ3) is 4.07. The van der Waals surface area contributed by atoms with Crippen molar-refractivity contribution in [3.63, 3.8) is 0 Å². The molecule has 0 unspecified atom stereocenters. The quantitative estimate of drug-likeness (QED) is 0.391. The lowest BCUT2D eigenvalue weighted by atomic mass is 10.1. The number of carbonyl (C=O) groups is 1. The van der Waals surface area contributed by atoms with Gasteiger partial charge in [0.15, 0.2) is 6.61 Å². The lowest BCUT2D eigenvalue weighted by molar-refractivity contribution is -0.123. The van der Waals surface area contributed by atoms with E-state index in [2.05, 4.69) is 15.5 Å². The van der Waals surface area contributed by atoms with Gasteiger partial charge in [0.25, 0.3) is 5.91 Å². The normalized spacial score (nSPS) is 11.1. The molecule has 0 aliphatic rings. The average molecular weight is 398 g/mol. The van der Waals surface area contributed by atoms with Gasteiger partial charge in [-0.05, 0) is 43.5 Å². The molecule has 6 nitrogen and oxygen atoms in total. The number of carbonyl (C=O) groups excluding carboxylic acids is 1. The number of fused-ring (bicyclic) bond motifs is 1. The number of amides is 1. The van der Waals surface area contributed by atoms with Crippen molar-refractivity contribution in [1.82, 2.24) is 15.0 Å². The molecule has 30 heavy (non-hydrogen) atoms. The van der Waals surface area contributed by atoms with E-state index in [1.54, 1.807) is 12.4 Å². The molecule has 4 rings (SSSR count). The largest absolute Gasteiger partial charge is 0.483 e. The van der Waals surface area contributed by atoms with Crippen LogP contribution >= 0.6 is 0 Å². The van der Waals surface area contributed by atoms with Crippen molar-refractivity contribution in [1.29, 1.82) is 0 Å². The maximum absolute atomic E-state index is 12.2. The van der Waals surface area contributed by atoms with Gasteiger partial charge in [-0.2, -0.15) is 5.10 Å². The van der Waals surface area contributed by atoms with E-state index in [1.165, 1.54) is 0 Å². The standard InChI is InChI=1S/C24H22N4O2/c1-17-14-20(18(2)28(17)23-12-5-6-13-25-23)15-26-27-24(29)16-30-22-11-7-9-19-8-3-4-10-21(19)22/h3-15H,16H2,1-2H3,(H,27,29)/b26-15+. The number of rotatable bonds is 6. The minimum atomic E-state index is -0.322. The number of nitrogens with one attached hydrogen (secondary N) is 1. The van der Waals surface area contributed by atoms with Gasteiger partial charge >= 0.3 is 0 Å². The minimum absolute atomic E-state index is 0.113. The van der Waals surface area contributed by atoms with Crippen molar-refractivity contribution in [2.24, 2.45) is 5.10 Å². The molecule has 2 aromatic carbocycles. The zero-order chi connectivity index (χ0) is 20.9. The summed E-state index contributed by atoms with van der Waals surface area (Å²) in [5.74, 6) is 1.20. The number of nitrogens with zero attached hydrogens (tertiary/aromatic N) is 3. The van der Waals surface area contributed by atoms with Crippen LogP contribution in [0.15, 0.2) is 78.0 Å². The highest BCUT2D eigenvalue weighted by Gasteiger charge is 2.10. The van der Waals surface area contributed by atoms with Crippen LogP contribution in [0.1, 0.15) is 17.0 Å². The van der Waals surface area contributed by atoms with Crippen LogP contribution < -0.4 is 10.2 Å². The number of ether oxygens (including phenoxy) is 1. The Balaban J connectivity index is 1.40. The van der Waals surface area contributed by atoms with Crippen LogP contribution in [-0.4, -0.2) is 28.3 Å². The molecule has 150 valence electrons. The molecular formula is C24H22N4O2. The summed E-state index contributed by atoms with van der Waals surface area (Å²) in [6, 6.07) is 21.5. The van der Waals surface area contributed by atoms with Gasteiger partial charge < -0.3 is 9.30 Å². The molecule has 6 heteroatoms. The van der Waals surface area contributed by atoms with Crippen LogP contribution in [0.5, 0.6) is 5.75 Å². The van der Waals surface area contributed by atoms with E-state index >= 15 is 0 Å². The molecule has 0 spiro atoms. The highest BCUT2D eigenvalue weighted by atomic mass is 16.5. The highest BCUT2D eigenvalue weighted by molar-refractivity contribution is 5.89. The molecule has 0 saturated carbocycles. The summed E-state index contributed by atoms with van der Waals surface area (Å²) >= 11 is 0. The summed E-state index contributed by atoms with van der Waals surface area (Å²) in [6.45, 7) is 3.89. The Morgan fingerprint density at radius 2 is 1.90 bits per heavy atom. The summed E-state index contributed by atoms with van der Waals surface area (Å²) in [7, 11) is 0. The molecule has 2 aromatic heterocycles. The van der Waals surface area contributed by atoms with Crippen molar-refractivity contribution in [3.05, 3.63) is 89.9 Å². The SMILES string of the molecule is Cc1cc(/C=N/NC(=O)COc2cccc3ccccc23)c(C)n1-c1ccccn1. The fourth-order valence-electron chi connectivity index (χ4n) is 3.43. The predicted octanol–water partition coefficient (Wildman–Crippen LogP) is 4.17. The molecule has 4 aromatic rings. The first-order chi connectivity index (χ1) is 14.6. The van der Waals surface area contributed by atoms with Crippen LogP contribution in [0.2, 0.25) is 0 Å². The Morgan fingerprint density at radius 3 is 2.73 bits per heavy atom. The number of benzene rings is 2. The number of aromatic nitrogens is 2. The van der Waals surface area contributed by atoms with Crippen molar-refractivity contribution >= 4 is 22.9 Å². The van der Waals surface area contributed by atoms with Crippen molar-refractivity contribution < 1.29 is 9.53 Å². The second kappa shape index (κ2) is 8.61. The first-order valence-electron chi connectivity index (χ1n) is 9.66. The lowest BCUT2D eigenvalue weighted by Gasteiger charge is -2.08. The zero-order valence-corrected chi connectivity index (χ0v) is 16.9. The van der Waals surface area contributed by atoms with Gasteiger partial charge in [0, 0.05) is 28.5 Å². The second-order valence-corrected chi connectivity index (χ2v) is 6.91. The molecule has 0 bridgehead atoms. The van der Waals surface area contributed by atoms with Crippen LogP contribution in [0.3, 0.4) is 0 Å². The number of hydrogen-bond donors (Lipinski definition) is 1. The Hall–Kier alpha value is -3.93. The molecule has 2 heterocycles. The Kier molecular flexibility index (Phi) is 5.57. The molecule has 0 fully saturated rings. The Morgan fingerprint density at radius 1 is 1.10 bits per heavy atom. The van der Waals surface area contributed by atoms with Crippen molar-refractivity contribution in [3.8, 4) is 11.6 Å². The van der Waals surface area contributed by atoms with Gasteiger partial charge in [0.1, 0.15) is 11.6 Å². The second-order valence-electron chi connectivity index (χ2n) is 6.91. The maximum atomic E-state index is 12.2. The predicted molar refractivity (Wildman–Crippen MR) is 118 cm³/mol. The van der Waals surface area contributed by atoms with Crippen molar-refractivity contribution in [2.45, 2.75) is 13.8 Å². The van der Waals surface area contributed by atoms with Crippen molar-refractivity contribution in [2.75, 3.05) is 6.61 Å². The average Bonchev–Trinajstić information content (AvgIpc) is 3.06. The van der Waals surface area contributed by atoms with Gasteiger partial charge in [-0.1, -0.05) is 42.5 Å². The summed E-state index contributed by atoms with van der Waals surface area (Å²) in [5.41, 5.74) is 5.47. The van der Waals surface area contributed by atoms with E-state index in [9.17, 15) is 4.79 Å². The first kappa shape index (κ1) is 19.4. The number of pyridine rings is 1. The van der Waals surface area contributed by atoms with Gasteiger partial charge in [-0.15, -0.1) is 0 Å². The van der Waals surface area contributed by atoms with Gasteiger partial charge in [-0.3, -0.25) is 4.79 Å². The lowest BCUT2D eigenvalue weighted by Crippen LogP contribution is -2.24. The zero-order valence-electron chi connectivity index (χ0n) is 16.9. The van der Waals surface area contributed by atoms with Gasteiger partial charge in [-0.25, -0.2) is 10.4 Å². The number of aryl methyl sites for hydroxylation is 1. The molecule has 0 atom stereocenters. The molecule has 0 saturated heterocycles. The number of hydrazone groups is 1. The maximum Gasteiger partial charge on any atom is 0.277 e. The summed E-state index contributed by atoms with van der Waals surface area (Å²) in [4.78, 5) is 16.6. The van der Waals surface area contributed by atoms with Crippen LogP contribution in [-0.2, 0) is 4.79 Å². The van der Waals surface area contributed by atoms with E-state index in [-0.39, 0.29) is 12.5 Å². The minimum Gasteiger partial charge on any atom is -0.483 e. The summed E-state index contributed by atoms with van der Waals surface area (Å²) in [6.07, 6.45) is 3.40. The van der Waals surface area contributed by atoms with E-state index in [0.29, 0.717) is 5.75 Å². The monoisotopic (exact) mass is 398 g/mol. The third-order valence-corrected chi connectivity index (χ3v) is 4.85. The Bertz CT molecular complexity index is 1210. The molecule has 1 N–H and O–H groups in total.